The van der Waals surface area contributed by atoms with Crippen LogP contribution >= 0.6 is 11.8 Å². The minimum absolute atomic E-state index is 0.109. The van der Waals surface area contributed by atoms with Crippen molar-refractivity contribution in [3.63, 3.8) is 0 Å². The summed E-state index contributed by atoms with van der Waals surface area (Å²) < 4.78 is 5.03. The van der Waals surface area contributed by atoms with Crippen LogP contribution in [0.25, 0.3) is 0 Å². The van der Waals surface area contributed by atoms with Gasteiger partial charge in [0.15, 0.2) is 0 Å². The van der Waals surface area contributed by atoms with E-state index in [1.165, 1.54) is 11.8 Å². The van der Waals surface area contributed by atoms with E-state index in [-0.39, 0.29) is 5.75 Å². The zero-order valence-corrected chi connectivity index (χ0v) is 10.5. The largest absolute Gasteiger partial charge is 0.380 e. The number of hydrogen-bond acceptors (Lipinski definition) is 5. The number of carbonyl (C=O) groups excluding carboxylic acids is 1. The molecule has 6 heteroatoms. The predicted molar refractivity (Wildman–Crippen MR) is 64.3 cm³/mol. The lowest BCUT2D eigenvalue weighted by Crippen LogP contribution is -2.13. The maximum absolute atomic E-state index is 10.7. The Morgan fingerprint density at radius 2 is 2.41 bits per heavy atom. The number of nitriles is 1. The Kier molecular flexibility index (Phi) is 4.94. The van der Waals surface area contributed by atoms with Gasteiger partial charge < -0.3 is 10.5 Å². The van der Waals surface area contributed by atoms with Crippen LogP contribution in [-0.2, 0) is 16.1 Å². The quantitative estimate of drug-likeness (QED) is 0.788. The van der Waals surface area contributed by atoms with Gasteiger partial charge in [0.2, 0.25) is 5.91 Å². The van der Waals surface area contributed by atoms with Crippen molar-refractivity contribution in [2.45, 2.75) is 18.6 Å². The molecule has 0 atom stereocenters. The molecule has 0 aliphatic rings. The molecule has 0 aromatic carbocycles. The Balaban J connectivity index is 3.10. The molecule has 90 valence electrons. The van der Waals surface area contributed by atoms with Crippen molar-refractivity contribution in [3.8, 4) is 6.07 Å². The van der Waals surface area contributed by atoms with Crippen molar-refractivity contribution in [1.82, 2.24) is 4.98 Å². The minimum Gasteiger partial charge on any atom is -0.380 e. The third-order valence-corrected chi connectivity index (χ3v) is 2.96. The number of hydrogen-bond donors (Lipinski definition) is 1. The number of nitrogens with zero attached hydrogens (tertiary/aromatic N) is 2. The fourth-order valence-corrected chi connectivity index (χ4v) is 2.15. The van der Waals surface area contributed by atoms with Gasteiger partial charge in [-0.1, -0.05) is 11.8 Å². The highest BCUT2D eigenvalue weighted by Crippen LogP contribution is 2.24. The molecule has 17 heavy (non-hydrogen) atoms. The summed E-state index contributed by atoms with van der Waals surface area (Å²) in [6, 6.07) is 3.89. The Labute approximate surface area is 104 Å². The van der Waals surface area contributed by atoms with Crippen LogP contribution in [0, 0.1) is 18.3 Å². The van der Waals surface area contributed by atoms with Gasteiger partial charge in [-0.3, -0.25) is 4.79 Å². The van der Waals surface area contributed by atoms with E-state index in [1.54, 1.807) is 13.2 Å². The van der Waals surface area contributed by atoms with E-state index < -0.39 is 5.91 Å². The van der Waals surface area contributed by atoms with E-state index in [0.717, 1.165) is 11.3 Å². The average Bonchev–Trinajstić information content (AvgIpc) is 2.26. The van der Waals surface area contributed by atoms with Gasteiger partial charge in [0.25, 0.3) is 0 Å². The van der Waals surface area contributed by atoms with Crippen LogP contribution in [-0.4, -0.2) is 23.8 Å². The van der Waals surface area contributed by atoms with Crippen molar-refractivity contribution in [1.29, 1.82) is 5.26 Å². The normalized spacial score (nSPS) is 9.94. The van der Waals surface area contributed by atoms with E-state index in [2.05, 4.69) is 11.1 Å². The molecule has 0 saturated carbocycles. The van der Waals surface area contributed by atoms with E-state index in [1.807, 2.05) is 6.92 Å². The third-order valence-electron chi connectivity index (χ3n) is 1.96. The van der Waals surface area contributed by atoms with Crippen LogP contribution in [0.3, 0.4) is 0 Å². The molecule has 0 fully saturated rings. The van der Waals surface area contributed by atoms with Gasteiger partial charge in [0.05, 0.1) is 17.9 Å². The lowest BCUT2D eigenvalue weighted by molar-refractivity contribution is -0.115. The second-order valence-corrected chi connectivity index (χ2v) is 4.37. The van der Waals surface area contributed by atoms with Crippen LogP contribution in [0.5, 0.6) is 0 Å². The summed E-state index contributed by atoms with van der Waals surface area (Å²) >= 11 is 1.17. The maximum atomic E-state index is 10.7. The number of nitrogens with two attached hydrogens (primary N) is 1. The highest BCUT2D eigenvalue weighted by atomic mass is 32.2. The molecule has 1 heterocycles. The van der Waals surface area contributed by atoms with Crippen molar-refractivity contribution >= 4 is 17.7 Å². The summed E-state index contributed by atoms with van der Waals surface area (Å²) in [4.78, 5) is 15.0. The monoisotopic (exact) mass is 251 g/mol. The van der Waals surface area contributed by atoms with E-state index >= 15 is 0 Å². The first-order valence-corrected chi connectivity index (χ1v) is 5.87. The molecule has 1 rings (SSSR count). The molecule has 0 bridgehead atoms. The van der Waals surface area contributed by atoms with Crippen LogP contribution in [0.2, 0.25) is 0 Å². The second-order valence-electron chi connectivity index (χ2n) is 3.40. The van der Waals surface area contributed by atoms with Gasteiger partial charge in [0, 0.05) is 12.8 Å². The lowest BCUT2D eigenvalue weighted by Gasteiger charge is -2.08. The molecule has 2 N–H and O–H groups in total. The number of pyridine rings is 1. The van der Waals surface area contributed by atoms with Crippen molar-refractivity contribution in [3.05, 3.63) is 22.9 Å². The first kappa shape index (κ1) is 13.5. The summed E-state index contributed by atoms with van der Waals surface area (Å²) in [5, 5.41) is 9.63. The summed E-state index contributed by atoms with van der Waals surface area (Å²) in [5.74, 6) is -0.326. The van der Waals surface area contributed by atoms with E-state index in [9.17, 15) is 4.79 Å². The first-order valence-electron chi connectivity index (χ1n) is 4.89. The van der Waals surface area contributed by atoms with Gasteiger partial charge >= 0.3 is 0 Å². The molecule has 1 amide bonds. The van der Waals surface area contributed by atoms with Gasteiger partial charge in [-0.05, 0) is 18.6 Å². The molecule has 5 nitrogen and oxygen atoms in total. The molecule has 0 radical (unpaired) electrons. The van der Waals surface area contributed by atoms with Gasteiger partial charge in [0.1, 0.15) is 11.1 Å². The zero-order chi connectivity index (χ0) is 12.8. The molecular weight excluding hydrogens is 238 g/mol. The minimum atomic E-state index is -0.435. The number of thioether (sulfide) groups is 1. The van der Waals surface area contributed by atoms with E-state index in [0.29, 0.717) is 17.2 Å². The van der Waals surface area contributed by atoms with Crippen molar-refractivity contribution in [2.75, 3.05) is 12.9 Å². The Morgan fingerprint density at radius 3 is 2.94 bits per heavy atom. The summed E-state index contributed by atoms with van der Waals surface area (Å²) in [7, 11) is 1.56. The number of rotatable bonds is 5. The molecule has 0 saturated heterocycles. The third kappa shape index (κ3) is 3.73. The van der Waals surface area contributed by atoms with Gasteiger partial charge in [-0.2, -0.15) is 5.26 Å². The van der Waals surface area contributed by atoms with Crippen LogP contribution in [0.4, 0.5) is 0 Å². The Hall–Kier alpha value is -1.58. The van der Waals surface area contributed by atoms with E-state index in [4.69, 9.17) is 15.7 Å². The topological polar surface area (TPSA) is 89.0 Å². The highest BCUT2D eigenvalue weighted by molar-refractivity contribution is 7.99. The number of primary amides is 1. The Bertz CT molecular complexity index is 469. The lowest BCUT2D eigenvalue weighted by atomic mass is 10.1. The fraction of sp³-hybridized carbons (Fsp3) is 0.364. The van der Waals surface area contributed by atoms with Crippen molar-refractivity contribution in [2.24, 2.45) is 5.73 Å². The molecular formula is C11H13N3O2S. The molecule has 1 aromatic rings. The van der Waals surface area contributed by atoms with Gasteiger partial charge in [-0.15, -0.1) is 0 Å². The zero-order valence-electron chi connectivity index (χ0n) is 9.69. The average molecular weight is 251 g/mol. The van der Waals surface area contributed by atoms with Crippen LogP contribution in [0.1, 0.15) is 16.8 Å². The van der Waals surface area contributed by atoms with Crippen molar-refractivity contribution < 1.29 is 9.53 Å². The molecule has 0 spiro atoms. The molecule has 0 aliphatic heterocycles. The molecule has 0 unspecified atom stereocenters. The fourth-order valence-electron chi connectivity index (χ4n) is 1.34. The standard InChI is InChI=1S/C11H13N3O2S/c1-7-3-8(5-16-2)9(4-12)11(14-7)17-6-10(13)15/h3H,5-6H2,1-2H3,(H2,13,15). The highest BCUT2D eigenvalue weighted by Gasteiger charge is 2.12. The number of amides is 1. The smallest absolute Gasteiger partial charge is 0.227 e. The number of carbonyl (C=O) groups is 1. The second kappa shape index (κ2) is 6.23. The summed E-state index contributed by atoms with van der Waals surface area (Å²) in [6.45, 7) is 2.17. The summed E-state index contributed by atoms with van der Waals surface area (Å²) in [5.41, 5.74) is 7.07. The maximum Gasteiger partial charge on any atom is 0.227 e. The number of ether oxygens (including phenoxy) is 1. The predicted octanol–water partition coefficient (Wildman–Crippen LogP) is 0.986. The Morgan fingerprint density at radius 1 is 1.71 bits per heavy atom. The van der Waals surface area contributed by atoms with Gasteiger partial charge in [-0.25, -0.2) is 4.98 Å². The first-order chi connectivity index (χ1) is 8.08. The van der Waals surface area contributed by atoms with Crippen LogP contribution in [0.15, 0.2) is 11.1 Å². The number of methoxy groups -OCH3 is 1. The summed E-state index contributed by atoms with van der Waals surface area (Å²) in [6.07, 6.45) is 0. The van der Waals surface area contributed by atoms with Crippen LogP contribution < -0.4 is 5.73 Å². The number of aryl methyl sites for hydroxylation is 1. The molecule has 0 aliphatic carbocycles. The molecule has 1 aromatic heterocycles. The number of aromatic nitrogens is 1. The SMILES string of the molecule is COCc1cc(C)nc(SCC(N)=O)c1C#N.